The van der Waals surface area contributed by atoms with Gasteiger partial charge in [-0.2, -0.15) is 0 Å². The Morgan fingerprint density at radius 3 is 2.92 bits per heavy atom. The summed E-state index contributed by atoms with van der Waals surface area (Å²) in [5.41, 5.74) is 1.19. The Kier molecular flexibility index (Phi) is 3.42. The molecule has 0 atom stereocenters. The van der Waals surface area contributed by atoms with Gasteiger partial charge in [-0.1, -0.05) is 12.1 Å². The van der Waals surface area contributed by atoms with Gasteiger partial charge >= 0.3 is 5.97 Å². The van der Waals surface area contributed by atoms with E-state index in [1.54, 1.807) is 18.2 Å². The smallest absolute Gasteiger partial charge is 0.335 e. The molecular formula is C9H11NO3. The standard InChI is InChI=1S/C9H11NO3/c10-13-5-4-7-2-1-3-8(6-7)9(11)12/h1-3,6H,4-5,10H2,(H,11,12). The molecule has 0 amide bonds. The van der Waals surface area contributed by atoms with E-state index in [0.29, 0.717) is 13.0 Å². The van der Waals surface area contributed by atoms with Gasteiger partial charge in [-0.05, 0) is 24.1 Å². The molecule has 0 heterocycles. The van der Waals surface area contributed by atoms with Gasteiger partial charge in [0.15, 0.2) is 0 Å². The first-order valence-electron chi connectivity index (χ1n) is 3.88. The molecule has 0 radical (unpaired) electrons. The van der Waals surface area contributed by atoms with Crippen LogP contribution in [-0.4, -0.2) is 17.7 Å². The Morgan fingerprint density at radius 1 is 1.54 bits per heavy atom. The molecule has 70 valence electrons. The molecular weight excluding hydrogens is 170 g/mol. The highest BCUT2D eigenvalue weighted by atomic mass is 16.6. The van der Waals surface area contributed by atoms with Gasteiger partial charge in [-0.25, -0.2) is 10.7 Å². The topological polar surface area (TPSA) is 72.5 Å². The minimum Gasteiger partial charge on any atom is -0.478 e. The second-order valence-corrected chi connectivity index (χ2v) is 2.63. The highest BCUT2D eigenvalue weighted by molar-refractivity contribution is 5.87. The van der Waals surface area contributed by atoms with Crippen molar-refractivity contribution in [2.24, 2.45) is 5.90 Å². The number of hydrogen-bond acceptors (Lipinski definition) is 3. The maximum absolute atomic E-state index is 10.6. The van der Waals surface area contributed by atoms with Crippen LogP contribution in [0.25, 0.3) is 0 Å². The molecule has 3 N–H and O–H groups in total. The number of carbonyl (C=O) groups is 1. The molecule has 0 unspecified atom stereocenters. The van der Waals surface area contributed by atoms with Crippen LogP contribution in [-0.2, 0) is 11.3 Å². The third-order valence-electron chi connectivity index (χ3n) is 1.68. The Morgan fingerprint density at radius 2 is 2.31 bits per heavy atom. The Balaban J connectivity index is 2.73. The van der Waals surface area contributed by atoms with Crippen LogP contribution in [0.5, 0.6) is 0 Å². The third-order valence-corrected chi connectivity index (χ3v) is 1.68. The summed E-state index contributed by atoms with van der Waals surface area (Å²) in [7, 11) is 0. The fourth-order valence-corrected chi connectivity index (χ4v) is 1.04. The highest BCUT2D eigenvalue weighted by Crippen LogP contribution is 2.05. The van der Waals surface area contributed by atoms with Crippen LogP contribution in [0.2, 0.25) is 0 Å². The van der Waals surface area contributed by atoms with Crippen molar-refractivity contribution in [1.29, 1.82) is 0 Å². The van der Waals surface area contributed by atoms with Crippen LogP contribution >= 0.6 is 0 Å². The average molecular weight is 181 g/mol. The molecule has 1 aromatic rings. The van der Waals surface area contributed by atoms with Crippen molar-refractivity contribution in [2.75, 3.05) is 6.61 Å². The number of rotatable bonds is 4. The summed E-state index contributed by atoms with van der Waals surface area (Å²) in [6.07, 6.45) is 0.623. The first-order chi connectivity index (χ1) is 6.24. The molecule has 0 fully saturated rings. The van der Waals surface area contributed by atoms with E-state index < -0.39 is 5.97 Å². The van der Waals surface area contributed by atoms with Gasteiger partial charge in [0.25, 0.3) is 0 Å². The van der Waals surface area contributed by atoms with Crippen molar-refractivity contribution in [3.05, 3.63) is 35.4 Å². The van der Waals surface area contributed by atoms with E-state index in [1.165, 1.54) is 0 Å². The number of benzene rings is 1. The maximum Gasteiger partial charge on any atom is 0.335 e. The number of aromatic carboxylic acids is 1. The molecule has 0 saturated carbocycles. The van der Waals surface area contributed by atoms with E-state index in [-0.39, 0.29) is 5.56 Å². The van der Waals surface area contributed by atoms with E-state index in [1.807, 2.05) is 6.07 Å². The lowest BCUT2D eigenvalue weighted by Gasteiger charge is -2.00. The Hall–Kier alpha value is -1.39. The number of hydrogen-bond donors (Lipinski definition) is 2. The fourth-order valence-electron chi connectivity index (χ4n) is 1.04. The van der Waals surface area contributed by atoms with Crippen molar-refractivity contribution < 1.29 is 14.7 Å². The minimum absolute atomic E-state index is 0.287. The molecule has 0 aliphatic rings. The van der Waals surface area contributed by atoms with E-state index in [9.17, 15) is 4.79 Å². The van der Waals surface area contributed by atoms with Gasteiger partial charge in [0, 0.05) is 0 Å². The summed E-state index contributed by atoms with van der Waals surface area (Å²) in [5, 5.41) is 8.68. The van der Waals surface area contributed by atoms with Gasteiger partial charge in [-0.3, -0.25) is 0 Å². The third kappa shape index (κ3) is 2.85. The van der Waals surface area contributed by atoms with E-state index >= 15 is 0 Å². The predicted molar refractivity (Wildman–Crippen MR) is 47.2 cm³/mol. The van der Waals surface area contributed by atoms with Crippen molar-refractivity contribution >= 4 is 5.97 Å². The van der Waals surface area contributed by atoms with Crippen LogP contribution in [0.4, 0.5) is 0 Å². The molecule has 0 spiro atoms. The monoisotopic (exact) mass is 181 g/mol. The van der Waals surface area contributed by atoms with Crippen LogP contribution < -0.4 is 5.90 Å². The van der Waals surface area contributed by atoms with Crippen molar-refractivity contribution in [1.82, 2.24) is 0 Å². The largest absolute Gasteiger partial charge is 0.478 e. The zero-order valence-electron chi connectivity index (χ0n) is 7.06. The van der Waals surface area contributed by atoms with Crippen molar-refractivity contribution in [3.8, 4) is 0 Å². The fraction of sp³-hybridized carbons (Fsp3) is 0.222. The zero-order chi connectivity index (χ0) is 9.68. The second kappa shape index (κ2) is 4.59. The van der Waals surface area contributed by atoms with Gasteiger partial charge in [0.2, 0.25) is 0 Å². The molecule has 4 nitrogen and oxygen atoms in total. The summed E-state index contributed by atoms with van der Waals surface area (Å²) in [5.74, 6) is 3.94. The summed E-state index contributed by atoms with van der Waals surface area (Å²) in [4.78, 5) is 15.0. The average Bonchev–Trinajstić information content (AvgIpc) is 2.15. The molecule has 1 aromatic carbocycles. The zero-order valence-corrected chi connectivity index (χ0v) is 7.06. The first-order valence-corrected chi connectivity index (χ1v) is 3.88. The lowest BCUT2D eigenvalue weighted by Crippen LogP contribution is -2.04. The summed E-state index contributed by atoms with van der Waals surface area (Å²) in [6, 6.07) is 6.71. The SMILES string of the molecule is NOCCc1cccc(C(=O)O)c1. The number of nitrogens with two attached hydrogens (primary N) is 1. The molecule has 0 aromatic heterocycles. The minimum atomic E-state index is -0.921. The summed E-state index contributed by atoms with van der Waals surface area (Å²) >= 11 is 0. The van der Waals surface area contributed by atoms with Crippen molar-refractivity contribution in [3.63, 3.8) is 0 Å². The van der Waals surface area contributed by atoms with Crippen molar-refractivity contribution in [2.45, 2.75) is 6.42 Å². The molecule has 4 heteroatoms. The van der Waals surface area contributed by atoms with Crippen LogP contribution in [0.1, 0.15) is 15.9 Å². The van der Waals surface area contributed by atoms with E-state index in [2.05, 4.69) is 4.84 Å². The lowest BCUT2D eigenvalue weighted by atomic mass is 10.1. The van der Waals surface area contributed by atoms with Gasteiger partial charge in [0.1, 0.15) is 0 Å². The lowest BCUT2D eigenvalue weighted by molar-refractivity contribution is 0.0696. The highest BCUT2D eigenvalue weighted by Gasteiger charge is 2.02. The Labute approximate surface area is 75.9 Å². The molecule has 0 bridgehead atoms. The summed E-state index contributed by atoms with van der Waals surface area (Å²) < 4.78 is 0. The molecule has 0 aliphatic heterocycles. The molecule has 13 heavy (non-hydrogen) atoms. The van der Waals surface area contributed by atoms with Gasteiger partial charge < -0.3 is 9.94 Å². The van der Waals surface area contributed by atoms with E-state index in [0.717, 1.165) is 5.56 Å². The maximum atomic E-state index is 10.6. The predicted octanol–water partition coefficient (Wildman–Crippen LogP) is 0.818. The van der Waals surface area contributed by atoms with Crippen LogP contribution in [0.3, 0.4) is 0 Å². The molecule has 0 aliphatic carbocycles. The van der Waals surface area contributed by atoms with Gasteiger partial charge in [-0.15, -0.1) is 0 Å². The quantitative estimate of drug-likeness (QED) is 0.674. The summed E-state index contributed by atoms with van der Waals surface area (Å²) in [6.45, 7) is 0.392. The molecule has 1 rings (SSSR count). The van der Waals surface area contributed by atoms with Crippen LogP contribution in [0.15, 0.2) is 24.3 Å². The first kappa shape index (κ1) is 9.70. The molecule has 0 saturated heterocycles. The number of carboxylic acids is 1. The van der Waals surface area contributed by atoms with E-state index in [4.69, 9.17) is 11.0 Å². The van der Waals surface area contributed by atoms with Crippen LogP contribution in [0, 0.1) is 0 Å². The normalized spacial score (nSPS) is 9.92. The number of carboxylic acid groups (broad SMARTS) is 1. The van der Waals surface area contributed by atoms with Gasteiger partial charge in [0.05, 0.1) is 12.2 Å². The second-order valence-electron chi connectivity index (χ2n) is 2.63. The Bertz CT molecular complexity index is 299.